The Balaban J connectivity index is 1.35. The Bertz CT molecular complexity index is 1320. The predicted octanol–water partition coefficient (Wildman–Crippen LogP) is 3.67. The first kappa shape index (κ1) is 26.2. The minimum Gasteiger partial charge on any atom is -0.478 e. The molecule has 14 heteroatoms. The number of cyclic esters (lactones) is 1. The summed E-state index contributed by atoms with van der Waals surface area (Å²) in [6.45, 7) is 0.194. The second-order valence-electron chi connectivity index (χ2n) is 8.04. The van der Waals surface area contributed by atoms with E-state index >= 15 is 0 Å². The van der Waals surface area contributed by atoms with Crippen molar-refractivity contribution in [2.75, 3.05) is 28.2 Å². The molecule has 198 valence electrons. The summed E-state index contributed by atoms with van der Waals surface area (Å²) in [6, 6.07) is 11.3. The fourth-order valence-electron chi connectivity index (χ4n) is 3.66. The lowest BCUT2D eigenvalue weighted by molar-refractivity contribution is -0.274. The van der Waals surface area contributed by atoms with Crippen LogP contribution in [0.15, 0.2) is 60.9 Å². The van der Waals surface area contributed by atoms with E-state index in [1.807, 2.05) is 0 Å². The lowest BCUT2D eigenvalue weighted by atomic mass is 10.2. The van der Waals surface area contributed by atoms with Crippen molar-refractivity contribution in [3.05, 3.63) is 72.1 Å². The molecular formula is C24H20F3N5O6. The van der Waals surface area contributed by atoms with Gasteiger partial charge in [0, 0.05) is 12.2 Å². The highest BCUT2D eigenvalue weighted by molar-refractivity contribution is 5.93. The Morgan fingerprint density at radius 2 is 1.95 bits per heavy atom. The number of rotatable bonds is 10. The Kier molecular flexibility index (Phi) is 7.60. The van der Waals surface area contributed by atoms with E-state index in [-0.39, 0.29) is 36.9 Å². The number of halogens is 3. The number of benzene rings is 2. The molecule has 1 unspecified atom stereocenters. The Hall–Kier alpha value is -4.88. The molecule has 11 nitrogen and oxygen atoms in total. The van der Waals surface area contributed by atoms with Gasteiger partial charge in [-0.2, -0.15) is 0 Å². The summed E-state index contributed by atoms with van der Waals surface area (Å²) in [4.78, 5) is 46.0. The van der Waals surface area contributed by atoms with Gasteiger partial charge in [0.05, 0.1) is 36.7 Å². The molecule has 2 amide bonds. The summed E-state index contributed by atoms with van der Waals surface area (Å²) in [6.07, 6.45) is -2.93. The standard InChI is InChI=1S/C24H20F3N5O6/c25-24(26,27)38-19-6-1-3-15(7-19)9-28-22-29-10-18(11-30-22)31(14-33)12-20-13-32(23(36)37-20)17-5-2-4-16(8-17)21(34)35/h1-8,10-11,14,20H,9,12-13H2,(H,34,35)(H,28,29,30). The van der Waals surface area contributed by atoms with Crippen LogP contribution in [-0.4, -0.2) is 59.1 Å². The molecule has 0 radical (unpaired) electrons. The number of ether oxygens (including phenoxy) is 2. The van der Waals surface area contributed by atoms with E-state index in [9.17, 15) is 27.6 Å². The molecule has 2 aromatic carbocycles. The quantitative estimate of drug-likeness (QED) is 0.376. The minimum atomic E-state index is -4.80. The first-order valence-electron chi connectivity index (χ1n) is 11.1. The SMILES string of the molecule is O=CN(CC1CN(c2cccc(C(=O)O)c2)C(=O)O1)c1cnc(NCc2cccc(OC(F)(F)F)c2)nc1. The maximum Gasteiger partial charge on any atom is 0.573 e. The highest BCUT2D eigenvalue weighted by atomic mass is 19.4. The van der Waals surface area contributed by atoms with Crippen molar-refractivity contribution in [2.24, 2.45) is 0 Å². The Labute approximate surface area is 213 Å². The molecule has 3 aromatic rings. The predicted molar refractivity (Wildman–Crippen MR) is 127 cm³/mol. The van der Waals surface area contributed by atoms with Crippen molar-refractivity contribution in [3.63, 3.8) is 0 Å². The number of amides is 2. The topological polar surface area (TPSA) is 134 Å². The molecule has 1 aliphatic rings. The summed E-state index contributed by atoms with van der Waals surface area (Å²) in [7, 11) is 0. The summed E-state index contributed by atoms with van der Waals surface area (Å²) < 4.78 is 46.5. The van der Waals surface area contributed by atoms with Gasteiger partial charge in [-0.25, -0.2) is 19.6 Å². The molecule has 0 aliphatic carbocycles. The van der Waals surface area contributed by atoms with Gasteiger partial charge in [-0.05, 0) is 35.9 Å². The van der Waals surface area contributed by atoms with Crippen molar-refractivity contribution in [1.82, 2.24) is 9.97 Å². The summed E-state index contributed by atoms with van der Waals surface area (Å²) in [5, 5.41) is 12.0. The largest absolute Gasteiger partial charge is 0.573 e. The zero-order valence-electron chi connectivity index (χ0n) is 19.5. The number of carboxylic acids is 1. The van der Waals surface area contributed by atoms with E-state index < -0.39 is 24.5 Å². The number of carbonyl (C=O) groups is 3. The van der Waals surface area contributed by atoms with E-state index in [4.69, 9.17) is 9.84 Å². The number of carboxylic acid groups (broad SMARTS) is 1. The van der Waals surface area contributed by atoms with E-state index in [1.54, 1.807) is 12.1 Å². The van der Waals surface area contributed by atoms with Crippen LogP contribution in [0.25, 0.3) is 0 Å². The zero-order chi connectivity index (χ0) is 27.3. The molecule has 0 saturated carbocycles. The van der Waals surface area contributed by atoms with Crippen molar-refractivity contribution in [3.8, 4) is 5.75 Å². The maximum absolute atomic E-state index is 12.4. The zero-order valence-corrected chi connectivity index (χ0v) is 19.5. The molecule has 1 saturated heterocycles. The van der Waals surface area contributed by atoms with Crippen LogP contribution in [0.2, 0.25) is 0 Å². The molecule has 0 bridgehead atoms. The Morgan fingerprint density at radius 1 is 1.21 bits per heavy atom. The van der Waals surface area contributed by atoms with Crippen LogP contribution < -0.4 is 19.9 Å². The third-order valence-electron chi connectivity index (χ3n) is 5.36. The van der Waals surface area contributed by atoms with Gasteiger partial charge in [-0.3, -0.25) is 9.69 Å². The number of alkyl halides is 3. The monoisotopic (exact) mass is 531 g/mol. The molecule has 2 heterocycles. The molecule has 2 N–H and O–H groups in total. The maximum atomic E-state index is 12.4. The van der Waals surface area contributed by atoms with Gasteiger partial charge in [-0.1, -0.05) is 18.2 Å². The molecule has 1 atom stereocenters. The van der Waals surface area contributed by atoms with Crippen molar-refractivity contribution in [1.29, 1.82) is 0 Å². The van der Waals surface area contributed by atoms with Crippen LogP contribution >= 0.6 is 0 Å². The highest BCUT2D eigenvalue weighted by Crippen LogP contribution is 2.25. The number of anilines is 3. The number of aromatic nitrogens is 2. The van der Waals surface area contributed by atoms with Gasteiger partial charge in [0.25, 0.3) is 0 Å². The lowest BCUT2D eigenvalue weighted by Crippen LogP contribution is -2.34. The first-order valence-corrected chi connectivity index (χ1v) is 11.1. The third kappa shape index (κ3) is 6.66. The second-order valence-corrected chi connectivity index (χ2v) is 8.04. The van der Waals surface area contributed by atoms with Crippen molar-refractivity contribution in [2.45, 2.75) is 19.0 Å². The van der Waals surface area contributed by atoms with Crippen LogP contribution in [0.3, 0.4) is 0 Å². The molecule has 1 fully saturated rings. The normalized spacial score (nSPS) is 15.1. The minimum absolute atomic E-state index is 0.00745. The van der Waals surface area contributed by atoms with E-state index in [2.05, 4.69) is 20.0 Å². The first-order chi connectivity index (χ1) is 18.1. The fourth-order valence-corrected chi connectivity index (χ4v) is 3.66. The third-order valence-corrected chi connectivity index (χ3v) is 5.36. The van der Waals surface area contributed by atoms with Crippen LogP contribution in [0.5, 0.6) is 5.75 Å². The van der Waals surface area contributed by atoms with Gasteiger partial charge >= 0.3 is 18.4 Å². The Morgan fingerprint density at radius 3 is 2.63 bits per heavy atom. The lowest BCUT2D eigenvalue weighted by Gasteiger charge is -2.20. The van der Waals surface area contributed by atoms with Gasteiger partial charge < -0.3 is 24.8 Å². The molecule has 1 aromatic heterocycles. The average molecular weight is 531 g/mol. The van der Waals surface area contributed by atoms with Crippen LogP contribution in [0.4, 0.5) is 35.3 Å². The summed E-state index contributed by atoms with van der Waals surface area (Å²) in [5.74, 6) is -1.32. The van der Waals surface area contributed by atoms with E-state index in [1.165, 1.54) is 58.6 Å². The van der Waals surface area contributed by atoms with Gasteiger partial charge in [0.1, 0.15) is 11.9 Å². The number of hydrogen-bond donors (Lipinski definition) is 2. The van der Waals surface area contributed by atoms with Gasteiger partial charge in [-0.15, -0.1) is 13.2 Å². The molecule has 4 rings (SSSR count). The number of nitrogens with one attached hydrogen (secondary N) is 1. The number of aromatic carboxylic acids is 1. The van der Waals surface area contributed by atoms with Crippen LogP contribution in [0, 0.1) is 0 Å². The molecule has 38 heavy (non-hydrogen) atoms. The summed E-state index contributed by atoms with van der Waals surface area (Å²) in [5.41, 5.74) is 1.18. The number of hydrogen-bond acceptors (Lipinski definition) is 8. The molecule has 0 spiro atoms. The smallest absolute Gasteiger partial charge is 0.478 e. The fraction of sp³-hybridized carbons (Fsp3) is 0.208. The summed E-state index contributed by atoms with van der Waals surface area (Å²) >= 11 is 0. The highest BCUT2D eigenvalue weighted by Gasteiger charge is 2.34. The van der Waals surface area contributed by atoms with E-state index in [0.717, 1.165) is 0 Å². The van der Waals surface area contributed by atoms with E-state index in [0.29, 0.717) is 23.3 Å². The molecule has 1 aliphatic heterocycles. The van der Waals surface area contributed by atoms with Gasteiger partial charge in [0.15, 0.2) is 0 Å². The average Bonchev–Trinajstić information content (AvgIpc) is 3.25. The van der Waals surface area contributed by atoms with Gasteiger partial charge in [0.2, 0.25) is 12.4 Å². The number of nitrogens with zero attached hydrogens (tertiary/aromatic N) is 4. The van der Waals surface area contributed by atoms with Crippen LogP contribution in [0.1, 0.15) is 15.9 Å². The van der Waals surface area contributed by atoms with Crippen LogP contribution in [-0.2, 0) is 16.1 Å². The van der Waals surface area contributed by atoms with Crippen molar-refractivity contribution < 1.29 is 42.1 Å². The van der Waals surface area contributed by atoms with Crippen molar-refractivity contribution >= 4 is 35.8 Å². The number of carbonyl (C=O) groups excluding carboxylic acids is 2. The molecular weight excluding hydrogens is 511 g/mol. The second kappa shape index (κ2) is 11.0.